The summed E-state index contributed by atoms with van der Waals surface area (Å²) >= 11 is 1.37. The first-order valence-corrected chi connectivity index (χ1v) is 9.34. The lowest BCUT2D eigenvalue weighted by Crippen LogP contribution is -2.47. The molecule has 2 aromatic rings. The fourth-order valence-electron chi connectivity index (χ4n) is 2.61. The van der Waals surface area contributed by atoms with Crippen LogP contribution in [0.25, 0.3) is 0 Å². The van der Waals surface area contributed by atoms with E-state index in [1.54, 1.807) is 12.1 Å². The van der Waals surface area contributed by atoms with Crippen molar-refractivity contribution >= 4 is 29.3 Å². The number of halogens is 1. The molecular formula is C19H20FN3O2S. The van der Waals surface area contributed by atoms with Crippen LogP contribution in [0, 0.1) is 5.82 Å². The Labute approximate surface area is 156 Å². The van der Waals surface area contributed by atoms with Crippen molar-refractivity contribution < 1.29 is 14.0 Å². The summed E-state index contributed by atoms with van der Waals surface area (Å²) in [5.41, 5.74) is 2.00. The van der Waals surface area contributed by atoms with Gasteiger partial charge in [0, 0.05) is 30.2 Å². The Bertz CT molecular complexity index is 765. The van der Waals surface area contributed by atoms with Crippen molar-refractivity contribution in [2.45, 2.75) is 11.4 Å². The maximum atomic E-state index is 12.8. The van der Waals surface area contributed by atoms with Crippen LogP contribution < -0.4 is 15.5 Å². The number of thioether (sulfide) groups is 1. The van der Waals surface area contributed by atoms with E-state index in [1.807, 2.05) is 29.2 Å². The van der Waals surface area contributed by atoms with Gasteiger partial charge in [0.1, 0.15) is 5.82 Å². The normalized spacial score (nSPS) is 14.0. The molecule has 0 bridgehead atoms. The summed E-state index contributed by atoms with van der Waals surface area (Å²) in [4.78, 5) is 26.3. The summed E-state index contributed by atoms with van der Waals surface area (Å²) in [5, 5.41) is 5.68. The van der Waals surface area contributed by atoms with Gasteiger partial charge in [0.2, 0.25) is 11.8 Å². The van der Waals surface area contributed by atoms with Crippen molar-refractivity contribution in [3.05, 3.63) is 59.9 Å². The summed E-state index contributed by atoms with van der Waals surface area (Å²) in [6.45, 7) is 2.27. The molecule has 1 aliphatic rings. The third-order valence-electron chi connectivity index (χ3n) is 4.01. The lowest BCUT2D eigenvalue weighted by Gasteiger charge is -2.28. The minimum absolute atomic E-state index is 0.0336. The van der Waals surface area contributed by atoms with Crippen molar-refractivity contribution in [1.29, 1.82) is 0 Å². The van der Waals surface area contributed by atoms with Gasteiger partial charge in [0.05, 0.1) is 12.3 Å². The highest BCUT2D eigenvalue weighted by Gasteiger charge is 2.16. The van der Waals surface area contributed by atoms with Crippen LogP contribution in [-0.4, -0.2) is 37.2 Å². The van der Waals surface area contributed by atoms with Crippen molar-refractivity contribution in [1.82, 2.24) is 10.6 Å². The molecule has 0 radical (unpaired) electrons. The SMILES string of the molecule is O=C(CSc1ccc(F)cc1)NCc1ccc(N2CCNC(=O)C2)cc1. The zero-order chi connectivity index (χ0) is 18.4. The van der Waals surface area contributed by atoms with Crippen molar-refractivity contribution in [2.24, 2.45) is 0 Å². The lowest BCUT2D eigenvalue weighted by molar-refractivity contribution is -0.120. The third-order valence-corrected chi connectivity index (χ3v) is 5.03. The monoisotopic (exact) mass is 373 g/mol. The highest BCUT2D eigenvalue weighted by Crippen LogP contribution is 2.18. The Hall–Kier alpha value is -2.54. The summed E-state index contributed by atoms with van der Waals surface area (Å²) < 4.78 is 12.8. The molecule has 0 saturated carbocycles. The predicted octanol–water partition coefficient (Wildman–Crippen LogP) is 2.17. The van der Waals surface area contributed by atoms with E-state index in [-0.39, 0.29) is 23.4 Å². The van der Waals surface area contributed by atoms with Gasteiger partial charge in [0.15, 0.2) is 0 Å². The molecule has 5 nitrogen and oxygen atoms in total. The van der Waals surface area contributed by atoms with E-state index in [0.717, 1.165) is 22.7 Å². The highest BCUT2D eigenvalue weighted by atomic mass is 32.2. The second kappa shape index (κ2) is 8.71. The number of benzene rings is 2. The van der Waals surface area contributed by atoms with Crippen LogP contribution in [0.5, 0.6) is 0 Å². The molecule has 3 rings (SSSR count). The Morgan fingerprint density at radius 1 is 1.15 bits per heavy atom. The maximum absolute atomic E-state index is 12.8. The first-order chi connectivity index (χ1) is 12.6. The molecule has 7 heteroatoms. The van der Waals surface area contributed by atoms with Gasteiger partial charge < -0.3 is 15.5 Å². The molecule has 0 spiro atoms. The number of amides is 2. The largest absolute Gasteiger partial charge is 0.360 e. The molecule has 0 aromatic heterocycles. The third kappa shape index (κ3) is 5.23. The van der Waals surface area contributed by atoms with Gasteiger partial charge >= 0.3 is 0 Å². The first kappa shape index (κ1) is 18.3. The number of nitrogens with zero attached hydrogens (tertiary/aromatic N) is 1. The van der Waals surface area contributed by atoms with Crippen molar-refractivity contribution in [3.8, 4) is 0 Å². The van der Waals surface area contributed by atoms with Gasteiger partial charge in [-0.25, -0.2) is 4.39 Å². The number of hydrogen-bond acceptors (Lipinski definition) is 4. The zero-order valence-corrected chi connectivity index (χ0v) is 15.0. The van der Waals surface area contributed by atoms with Crippen LogP contribution in [0.15, 0.2) is 53.4 Å². The van der Waals surface area contributed by atoms with Crippen LogP contribution in [0.4, 0.5) is 10.1 Å². The predicted molar refractivity (Wildman–Crippen MR) is 101 cm³/mol. The molecule has 2 aromatic carbocycles. The van der Waals surface area contributed by atoms with Crippen molar-refractivity contribution in [2.75, 3.05) is 30.3 Å². The fourth-order valence-corrected chi connectivity index (χ4v) is 3.34. The number of rotatable bonds is 6. The average Bonchev–Trinajstić information content (AvgIpc) is 2.66. The van der Waals surface area contributed by atoms with Crippen LogP contribution in [0.2, 0.25) is 0 Å². The molecule has 0 atom stereocenters. The molecule has 0 unspecified atom stereocenters. The molecule has 2 N–H and O–H groups in total. The van der Waals surface area contributed by atoms with Gasteiger partial charge in [-0.2, -0.15) is 0 Å². The molecule has 136 valence electrons. The Kier molecular flexibility index (Phi) is 6.12. The Balaban J connectivity index is 1.44. The smallest absolute Gasteiger partial charge is 0.239 e. The molecule has 1 fully saturated rings. The topological polar surface area (TPSA) is 61.4 Å². The molecule has 1 aliphatic heterocycles. The van der Waals surface area contributed by atoms with Crippen molar-refractivity contribution in [3.63, 3.8) is 0 Å². The molecule has 2 amide bonds. The standard InChI is InChI=1S/C19H20FN3O2S/c20-15-3-7-17(8-4-15)26-13-19(25)22-11-14-1-5-16(6-2-14)23-10-9-21-18(24)12-23/h1-8H,9-13H2,(H,21,24)(H,22,25). The number of carbonyl (C=O) groups is 2. The second-order valence-corrected chi connectivity index (χ2v) is 7.01. The number of hydrogen-bond donors (Lipinski definition) is 2. The summed E-state index contributed by atoms with van der Waals surface area (Å²) in [5.74, 6) is -0.0399. The minimum atomic E-state index is -0.285. The van der Waals surface area contributed by atoms with Crippen LogP contribution in [-0.2, 0) is 16.1 Å². The van der Waals surface area contributed by atoms with E-state index in [1.165, 1.54) is 23.9 Å². The fraction of sp³-hybridized carbons (Fsp3) is 0.263. The van der Waals surface area contributed by atoms with E-state index >= 15 is 0 Å². The van der Waals surface area contributed by atoms with E-state index in [2.05, 4.69) is 10.6 Å². The Morgan fingerprint density at radius 2 is 1.88 bits per heavy atom. The van der Waals surface area contributed by atoms with E-state index in [9.17, 15) is 14.0 Å². The maximum Gasteiger partial charge on any atom is 0.239 e. The van der Waals surface area contributed by atoms with E-state index in [4.69, 9.17) is 0 Å². The average molecular weight is 373 g/mol. The lowest BCUT2D eigenvalue weighted by atomic mass is 10.2. The number of nitrogens with one attached hydrogen (secondary N) is 2. The molecule has 0 aliphatic carbocycles. The second-order valence-electron chi connectivity index (χ2n) is 5.96. The molecular weight excluding hydrogens is 353 g/mol. The Morgan fingerprint density at radius 3 is 2.58 bits per heavy atom. The highest BCUT2D eigenvalue weighted by molar-refractivity contribution is 8.00. The van der Waals surface area contributed by atoms with Gasteiger partial charge in [-0.15, -0.1) is 11.8 Å². The molecule has 1 heterocycles. The molecule has 26 heavy (non-hydrogen) atoms. The van der Waals surface area contributed by atoms with Crippen LogP contribution in [0.3, 0.4) is 0 Å². The molecule has 1 saturated heterocycles. The van der Waals surface area contributed by atoms with Gasteiger partial charge in [-0.05, 0) is 42.0 Å². The summed E-state index contributed by atoms with van der Waals surface area (Å²) in [7, 11) is 0. The first-order valence-electron chi connectivity index (χ1n) is 8.36. The summed E-state index contributed by atoms with van der Waals surface area (Å²) in [6.07, 6.45) is 0. The van der Waals surface area contributed by atoms with E-state index < -0.39 is 0 Å². The summed E-state index contributed by atoms with van der Waals surface area (Å²) in [6, 6.07) is 13.9. The number of carbonyl (C=O) groups excluding carboxylic acids is 2. The quantitative estimate of drug-likeness (QED) is 0.762. The van der Waals surface area contributed by atoms with Gasteiger partial charge in [-0.3, -0.25) is 9.59 Å². The van der Waals surface area contributed by atoms with Crippen LogP contribution in [0.1, 0.15) is 5.56 Å². The van der Waals surface area contributed by atoms with Gasteiger partial charge in [0.25, 0.3) is 0 Å². The number of anilines is 1. The van der Waals surface area contributed by atoms with E-state index in [0.29, 0.717) is 19.6 Å². The van der Waals surface area contributed by atoms with Crippen LogP contribution >= 0.6 is 11.8 Å². The van der Waals surface area contributed by atoms with Gasteiger partial charge in [-0.1, -0.05) is 12.1 Å². The zero-order valence-electron chi connectivity index (χ0n) is 14.2. The minimum Gasteiger partial charge on any atom is -0.360 e. The number of piperazine rings is 1.